The summed E-state index contributed by atoms with van der Waals surface area (Å²) in [6.07, 6.45) is 0.848. The van der Waals surface area contributed by atoms with Gasteiger partial charge in [-0.15, -0.1) is 0 Å². The number of aliphatic imine (C=N–C) groups is 1. The van der Waals surface area contributed by atoms with Gasteiger partial charge in [0.05, 0.1) is 17.8 Å². The number of isothiocyanates is 1. The van der Waals surface area contributed by atoms with Crippen LogP contribution in [-0.2, 0) is 6.42 Å². The molecule has 0 aliphatic rings. The lowest BCUT2D eigenvalue weighted by molar-refractivity contribution is 0.414. The van der Waals surface area contributed by atoms with Gasteiger partial charge in [0.1, 0.15) is 5.75 Å². The van der Waals surface area contributed by atoms with E-state index in [-0.39, 0.29) is 5.54 Å². The summed E-state index contributed by atoms with van der Waals surface area (Å²) in [5.41, 5.74) is 1.03. The smallest absolute Gasteiger partial charge is 0.118 e. The van der Waals surface area contributed by atoms with Gasteiger partial charge in [0.2, 0.25) is 0 Å². The second kappa shape index (κ2) is 5.06. The Bertz CT molecular complexity index is 364. The molecule has 0 aliphatic heterocycles. The van der Waals surface area contributed by atoms with Gasteiger partial charge in [0, 0.05) is 0 Å². The molecular weight excluding hydrogens is 206 g/mol. The molecule has 1 aromatic rings. The van der Waals surface area contributed by atoms with Crippen LogP contribution in [0, 0.1) is 0 Å². The highest BCUT2D eigenvalue weighted by Gasteiger charge is 2.16. The summed E-state index contributed by atoms with van der Waals surface area (Å²) in [6.45, 7) is 4.08. The van der Waals surface area contributed by atoms with E-state index < -0.39 is 0 Å². The van der Waals surface area contributed by atoms with Gasteiger partial charge < -0.3 is 4.74 Å². The van der Waals surface area contributed by atoms with Crippen LogP contribution in [0.4, 0.5) is 0 Å². The van der Waals surface area contributed by atoms with Crippen LogP contribution in [0.5, 0.6) is 5.75 Å². The fraction of sp³-hybridized carbons (Fsp3) is 0.417. The number of hydrogen-bond donors (Lipinski definition) is 0. The first-order valence-corrected chi connectivity index (χ1v) is 5.20. The van der Waals surface area contributed by atoms with Crippen LogP contribution in [0.2, 0.25) is 0 Å². The minimum Gasteiger partial charge on any atom is -0.497 e. The third-order valence-electron chi connectivity index (χ3n) is 2.14. The molecule has 0 radical (unpaired) electrons. The van der Waals surface area contributed by atoms with E-state index in [1.54, 1.807) is 7.11 Å². The maximum Gasteiger partial charge on any atom is 0.118 e. The highest BCUT2D eigenvalue weighted by atomic mass is 32.1. The molecule has 1 aromatic carbocycles. The Morgan fingerprint density at radius 2 is 1.93 bits per heavy atom. The van der Waals surface area contributed by atoms with Crippen LogP contribution >= 0.6 is 12.2 Å². The van der Waals surface area contributed by atoms with Gasteiger partial charge in [-0.1, -0.05) is 12.1 Å². The average Bonchev–Trinajstić information content (AvgIpc) is 2.18. The molecule has 0 N–H and O–H groups in total. The van der Waals surface area contributed by atoms with Crippen molar-refractivity contribution in [3.63, 3.8) is 0 Å². The van der Waals surface area contributed by atoms with Gasteiger partial charge in [-0.05, 0) is 50.2 Å². The molecule has 0 aliphatic carbocycles. The Morgan fingerprint density at radius 3 is 2.40 bits per heavy atom. The molecule has 0 amide bonds. The van der Waals surface area contributed by atoms with E-state index in [2.05, 4.69) is 22.4 Å². The summed E-state index contributed by atoms with van der Waals surface area (Å²) in [6, 6.07) is 7.98. The van der Waals surface area contributed by atoms with Crippen LogP contribution in [0.15, 0.2) is 29.3 Å². The Kier molecular flexibility index (Phi) is 4.01. The molecule has 0 saturated carbocycles. The molecule has 3 heteroatoms. The molecule has 0 saturated heterocycles. The van der Waals surface area contributed by atoms with Crippen molar-refractivity contribution in [2.45, 2.75) is 25.8 Å². The van der Waals surface area contributed by atoms with Gasteiger partial charge in [-0.3, -0.25) is 0 Å². The fourth-order valence-electron chi connectivity index (χ4n) is 1.41. The first-order chi connectivity index (χ1) is 7.07. The topological polar surface area (TPSA) is 21.6 Å². The second-order valence-electron chi connectivity index (χ2n) is 4.04. The number of rotatable bonds is 4. The highest BCUT2D eigenvalue weighted by Crippen LogP contribution is 2.18. The summed E-state index contributed by atoms with van der Waals surface area (Å²) < 4.78 is 5.09. The minimum absolute atomic E-state index is 0.184. The van der Waals surface area contributed by atoms with Crippen molar-refractivity contribution >= 4 is 17.4 Å². The number of ether oxygens (including phenoxy) is 1. The maximum atomic E-state index is 5.09. The SMILES string of the molecule is COc1ccc(CC(C)(C)N=C=S)cc1. The van der Waals surface area contributed by atoms with Crippen LogP contribution in [0.1, 0.15) is 19.4 Å². The lowest BCUT2D eigenvalue weighted by atomic mass is 9.96. The van der Waals surface area contributed by atoms with Crippen LogP contribution in [-0.4, -0.2) is 17.8 Å². The summed E-state index contributed by atoms with van der Waals surface area (Å²) in [7, 11) is 1.66. The first kappa shape index (κ1) is 11.9. The van der Waals surface area contributed by atoms with E-state index >= 15 is 0 Å². The van der Waals surface area contributed by atoms with Crippen molar-refractivity contribution in [2.75, 3.05) is 7.11 Å². The Hall–Kier alpha value is -1.18. The standard InChI is InChI=1S/C12H15NOS/c1-12(2,13-9-15)8-10-4-6-11(14-3)7-5-10/h4-7H,8H2,1-3H3. The van der Waals surface area contributed by atoms with Gasteiger partial charge >= 0.3 is 0 Å². The third kappa shape index (κ3) is 3.82. The van der Waals surface area contributed by atoms with E-state index in [9.17, 15) is 0 Å². The zero-order valence-corrected chi connectivity index (χ0v) is 10.1. The second-order valence-corrected chi connectivity index (χ2v) is 4.22. The number of methoxy groups -OCH3 is 1. The van der Waals surface area contributed by atoms with Crippen LogP contribution in [0.3, 0.4) is 0 Å². The summed E-state index contributed by atoms with van der Waals surface area (Å²) in [5.74, 6) is 0.870. The lowest BCUT2D eigenvalue weighted by Crippen LogP contribution is -2.19. The molecule has 80 valence electrons. The van der Waals surface area contributed by atoms with E-state index in [1.807, 2.05) is 38.1 Å². The molecular formula is C12H15NOS. The van der Waals surface area contributed by atoms with Gasteiger partial charge in [-0.2, -0.15) is 0 Å². The van der Waals surface area contributed by atoms with Crippen LogP contribution in [0.25, 0.3) is 0 Å². The maximum absolute atomic E-state index is 5.09. The zero-order valence-electron chi connectivity index (χ0n) is 9.28. The molecule has 2 nitrogen and oxygen atoms in total. The lowest BCUT2D eigenvalue weighted by Gasteiger charge is -2.17. The van der Waals surface area contributed by atoms with E-state index in [0.29, 0.717) is 0 Å². The van der Waals surface area contributed by atoms with Crippen molar-refractivity contribution < 1.29 is 4.74 Å². The molecule has 0 bridgehead atoms. The van der Waals surface area contributed by atoms with Crippen molar-refractivity contribution in [3.8, 4) is 5.75 Å². The van der Waals surface area contributed by atoms with E-state index in [0.717, 1.165) is 12.2 Å². The zero-order chi connectivity index (χ0) is 11.3. The van der Waals surface area contributed by atoms with Gasteiger partial charge in [0.15, 0.2) is 0 Å². The van der Waals surface area contributed by atoms with Gasteiger partial charge in [-0.25, -0.2) is 4.99 Å². The van der Waals surface area contributed by atoms with E-state index in [1.165, 1.54) is 5.56 Å². The Labute approximate surface area is 96.0 Å². The number of benzene rings is 1. The van der Waals surface area contributed by atoms with Gasteiger partial charge in [0.25, 0.3) is 0 Å². The van der Waals surface area contributed by atoms with Crippen molar-refractivity contribution in [1.82, 2.24) is 0 Å². The molecule has 0 heterocycles. The normalized spacial score (nSPS) is 10.6. The molecule has 0 atom stereocenters. The molecule has 0 fully saturated rings. The summed E-state index contributed by atoms with van der Waals surface area (Å²) >= 11 is 4.62. The third-order valence-corrected chi connectivity index (χ3v) is 2.24. The predicted octanol–water partition coefficient (Wildman–Crippen LogP) is 3.12. The minimum atomic E-state index is -0.184. The molecule has 0 aromatic heterocycles. The molecule has 1 rings (SSSR count). The summed E-state index contributed by atoms with van der Waals surface area (Å²) in [4.78, 5) is 4.13. The molecule has 0 unspecified atom stereocenters. The van der Waals surface area contributed by atoms with Crippen molar-refractivity contribution in [2.24, 2.45) is 4.99 Å². The molecule has 15 heavy (non-hydrogen) atoms. The quantitative estimate of drug-likeness (QED) is 0.575. The largest absolute Gasteiger partial charge is 0.497 e. The van der Waals surface area contributed by atoms with Crippen LogP contribution < -0.4 is 4.74 Å². The number of nitrogens with zero attached hydrogens (tertiary/aromatic N) is 1. The number of hydrogen-bond acceptors (Lipinski definition) is 3. The average molecular weight is 221 g/mol. The highest BCUT2D eigenvalue weighted by molar-refractivity contribution is 7.78. The van der Waals surface area contributed by atoms with Crippen molar-refractivity contribution in [1.29, 1.82) is 0 Å². The Balaban J connectivity index is 2.76. The van der Waals surface area contributed by atoms with E-state index in [4.69, 9.17) is 4.74 Å². The summed E-state index contributed by atoms with van der Waals surface area (Å²) in [5, 5.41) is 2.43. The fourth-order valence-corrected chi connectivity index (χ4v) is 1.65. The predicted molar refractivity (Wildman–Crippen MR) is 65.8 cm³/mol. The Morgan fingerprint density at radius 1 is 1.33 bits per heavy atom. The number of thiocarbonyl (C=S) groups is 1. The van der Waals surface area contributed by atoms with Crippen molar-refractivity contribution in [3.05, 3.63) is 29.8 Å². The monoisotopic (exact) mass is 221 g/mol. The first-order valence-electron chi connectivity index (χ1n) is 4.79. The molecule has 0 spiro atoms.